The van der Waals surface area contributed by atoms with E-state index >= 15 is 0 Å². The van der Waals surface area contributed by atoms with Crippen LogP contribution in [-0.2, 0) is 0 Å². The number of halogens is 1. The van der Waals surface area contributed by atoms with E-state index < -0.39 is 21.2 Å². The molecule has 0 unspecified atom stereocenters. The van der Waals surface area contributed by atoms with Crippen LogP contribution in [0.2, 0.25) is 0 Å². The zero-order valence-electron chi connectivity index (χ0n) is 17.4. The lowest BCUT2D eigenvalue weighted by Crippen LogP contribution is -2.04. The van der Waals surface area contributed by atoms with Crippen molar-refractivity contribution >= 4 is 45.5 Å². The third kappa shape index (κ3) is 5.05. The van der Waals surface area contributed by atoms with Crippen LogP contribution in [0.3, 0.4) is 0 Å². The van der Waals surface area contributed by atoms with Gasteiger partial charge in [0, 0.05) is 11.9 Å². The molecule has 170 valence electrons. The summed E-state index contributed by atoms with van der Waals surface area (Å²) in [5, 5.41) is 32.3. The molecule has 0 spiro atoms. The number of rotatable bonds is 8. The summed E-state index contributed by atoms with van der Waals surface area (Å²) >= 11 is 0. The lowest BCUT2D eigenvalue weighted by atomic mass is 10.1. The predicted octanol–water partition coefficient (Wildman–Crippen LogP) is 6.27. The van der Waals surface area contributed by atoms with Crippen molar-refractivity contribution in [1.82, 2.24) is 4.98 Å². The molecule has 10 nitrogen and oxygen atoms in total. The highest BCUT2D eigenvalue weighted by atomic mass is 19.1. The third-order valence-electron chi connectivity index (χ3n) is 4.77. The number of nitro groups is 2. The summed E-state index contributed by atoms with van der Waals surface area (Å²) in [6, 6.07) is 18.1. The Labute approximate surface area is 192 Å². The van der Waals surface area contributed by atoms with Gasteiger partial charge >= 0.3 is 0 Å². The van der Waals surface area contributed by atoms with Gasteiger partial charge in [0.15, 0.2) is 0 Å². The van der Waals surface area contributed by atoms with E-state index in [2.05, 4.69) is 20.9 Å². The molecular weight excluding hydrogens is 443 g/mol. The van der Waals surface area contributed by atoms with Crippen LogP contribution in [0.5, 0.6) is 0 Å². The van der Waals surface area contributed by atoms with E-state index in [9.17, 15) is 24.6 Å². The van der Waals surface area contributed by atoms with Gasteiger partial charge in [-0.05, 0) is 54.6 Å². The smallest absolute Gasteiger partial charge is 0.299 e. The fourth-order valence-electron chi connectivity index (χ4n) is 3.21. The molecule has 3 N–H and O–H groups in total. The number of nitrogens with zero attached hydrogens (tertiary/aromatic N) is 3. The highest BCUT2D eigenvalue weighted by molar-refractivity contribution is 5.85. The van der Waals surface area contributed by atoms with E-state index in [-0.39, 0.29) is 17.2 Å². The fraction of sp³-hybridized carbons (Fsp3) is 0. The second-order valence-electron chi connectivity index (χ2n) is 7.07. The van der Waals surface area contributed by atoms with Crippen LogP contribution in [0, 0.1) is 26.0 Å². The average Bonchev–Trinajstić information content (AvgIpc) is 2.82. The Hall–Kier alpha value is -5.06. The van der Waals surface area contributed by atoms with Gasteiger partial charge < -0.3 is 16.0 Å². The molecule has 3 aromatic carbocycles. The summed E-state index contributed by atoms with van der Waals surface area (Å²) in [6.45, 7) is 0. The maximum Gasteiger partial charge on any atom is 0.299 e. The van der Waals surface area contributed by atoms with Crippen LogP contribution >= 0.6 is 0 Å². The number of hydrogen-bond acceptors (Lipinski definition) is 8. The Bertz CT molecular complexity index is 1350. The van der Waals surface area contributed by atoms with Crippen molar-refractivity contribution in [3.8, 4) is 0 Å². The molecule has 4 rings (SSSR count). The van der Waals surface area contributed by atoms with Crippen molar-refractivity contribution in [2.75, 3.05) is 16.0 Å². The molecule has 0 aliphatic carbocycles. The lowest BCUT2D eigenvalue weighted by Gasteiger charge is -2.15. The zero-order valence-corrected chi connectivity index (χ0v) is 17.4. The number of pyridine rings is 1. The van der Waals surface area contributed by atoms with Crippen LogP contribution in [-0.4, -0.2) is 14.8 Å². The Balaban J connectivity index is 1.74. The first-order valence-corrected chi connectivity index (χ1v) is 9.93. The predicted molar refractivity (Wildman–Crippen MR) is 127 cm³/mol. The van der Waals surface area contributed by atoms with Crippen LogP contribution in [0.15, 0.2) is 85.2 Å². The maximum atomic E-state index is 13.2. The normalized spacial score (nSPS) is 10.4. The number of nitro benzene ring substituents is 2. The van der Waals surface area contributed by atoms with Gasteiger partial charge in [-0.2, -0.15) is 0 Å². The van der Waals surface area contributed by atoms with E-state index in [1.54, 1.807) is 54.7 Å². The number of nitrogens with one attached hydrogen (secondary N) is 3. The topological polar surface area (TPSA) is 135 Å². The molecule has 0 saturated carbocycles. The van der Waals surface area contributed by atoms with Gasteiger partial charge in [-0.15, -0.1) is 0 Å². The molecular formula is C23H17FN6O4. The van der Waals surface area contributed by atoms with Gasteiger partial charge in [-0.25, -0.2) is 4.39 Å². The van der Waals surface area contributed by atoms with E-state index in [1.165, 1.54) is 24.4 Å². The van der Waals surface area contributed by atoms with Crippen LogP contribution in [0.4, 0.5) is 49.9 Å². The summed E-state index contributed by atoms with van der Waals surface area (Å²) in [7, 11) is 0. The minimum absolute atomic E-state index is 0.0374. The maximum absolute atomic E-state index is 13.2. The summed E-state index contributed by atoms with van der Waals surface area (Å²) in [5.74, 6) is -0.382. The van der Waals surface area contributed by atoms with Gasteiger partial charge in [-0.1, -0.05) is 12.1 Å². The first kappa shape index (κ1) is 22.1. The Kier molecular flexibility index (Phi) is 6.26. The van der Waals surface area contributed by atoms with E-state index in [0.29, 0.717) is 22.7 Å². The molecule has 0 aliphatic rings. The summed E-state index contributed by atoms with van der Waals surface area (Å²) in [6.07, 6.45) is 3.02. The second kappa shape index (κ2) is 9.61. The highest BCUT2D eigenvalue weighted by Crippen LogP contribution is 2.40. The largest absolute Gasteiger partial charge is 0.354 e. The van der Waals surface area contributed by atoms with Crippen LogP contribution in [0.25, 0.3) is 0 Å². The number of benzene rings is 3. The molecule has 0 fully saturated rings. The minimum Gasteiger partial charge on any atom is -0.354 e. The van der Waals surface area contributed by atoms with E-state index in [1.807, 2.05) is 0 Å². The first-order chi connectivity index (χ1) is 16.4. The number of anilines is 6. The van der Waals surface area contributed by atoms with Crippen molar-refractivity contribution in [2.24, 2.45) is 0 Å². The summed E-state index contributed by atoms with van der Waals surface area (Å²) in [5.41, 5.74) is 1.26. The average molecular weight is 460 g/mol. The van der Waals surface area contributed by atoms with Gasteiger partial charge in [0.1, 0.15) is 17.2 Å². The van der Waals surface area contributed by atoms with Gasteiger partial charge in [0.05, 0.1) is 39.2 Å². The summed E-state index contributed by atoms with van der Waals surface area (Å²) in [4.78, 5) is 25.9. The molecule has 0 saturated heterocycles. The zero-order chi connectivity index (χ0) is 24.1. The first-order valence-electron chi connectivity index (χ1n) is 9.93. The van der Waals surface area contributed by atoms with Crippen LogP contribution < -0.4 is 16.0 Å². The number of para-hydroxylation sites is 2. The van der Waals surface area contributed by atoms with Gasteiger partial charge in [-0.3, -0.25) is 25.2 Å². The Morgan fingerprint density at radius 1 is 0.676 bits per heavy atom. The lowest BCUT2D eigenvalue weighted by molar-refractivity contribution is -0.393. The van der Waals surface area contributed by atoms with Crippen molar-refractivity contribution in [2.45, 2.75) is 0 Å². The van der Waals surface area contributed by atoms with Crippen molar-refractivity contribution in [1.29, 1.82) is 0 Å². The molecule has 0 bridgehead atoms. The summed E-state index contributed by atoms with van der Waals surface area (Å²) < 4.78 is 13.2. The Morgan fingerprint density at radius 3 is 1.85 bits per heavy atom. The van der Waals surface area contributed by atoms with Gasteiger partial charge in [0.2, 0.25) is 0 Å². The van der Waals surface area contributed by atoms with Crippen LogP contribution in [0.1, 0.15) is 0 Å². The van der Waals surface area contributed by atoms with E-state index in [0.717, 1.165) is 6.07 Å². The third-order valence-corrected chi connectivity index (χ3v) is 4.77. The van der Waals surface area contributed by atoms with Crippen molar-refractivity contribution in [3.05, 3.63) is 111 Å². The molecule has 0 amide bonds. The molecule has 0 aliphatic heterocycles. The standard InChI is InChI=1S/C23H17FN6O4/c24-15-7-9-16(10-8-15)26-18-5-1-2-6-19(18)28-21-12-20(27-17-4-3-11-25-14-17)22(29(31)32)13-23(21)30(33)34/h1-14,26-28H. The number of hydrogen-bond donors (Lipinski definition) is 3. The fourth-order valence-corrected chi connectivity index (χ4v) is 3.21. The van der Waals surface area contributed by atoms with Gasteiger partial charge in [0.25, 0.3) is 11.4 Å². The monoisotopic (exact) mass is 460 g/mol. The highest BCUT2D eigenvalue weighted by Gasteiger charge is 2.25. The van der Waals surface area contributed by atoms with E-state index in [4.69, 9.17) is 0 Å². The molecule has 0 atom stereocenters. The van der Waals surface area contributed by atoms with Crippen molar-refractivity contribution < 1.29 is 14.2 Å². The molecule has 34 heavy (non-hydrogen) atoms. The Morgan fingerprint density at radius 2 is 1.26 bits per heavy atom. The van der Waals surface area contributed by atoms with Crippen molar-refractivity contribution in [3.63, 3.8) is 0 Å². The minimum atomic E-state index is -0.695. The molecule has 0 radical (unpaired) electrons. The molecule has 1 aromatic heterocycles. The molecule has 4 aromatic rings. The molecule has 11 heteroatoms. The quantitative estimate of drug-likeness (QED) is 0.207. The second-order valence-corrected chi connectivity index (χ2v) is 7.07. The SMILES string of the molecule is O=[N+]([O-])c1cc([N+](=O)[O-])c(Nc2ccccc2Nc2ccc(F)cc2)cc1Nc1cccnc1. The number of aromatic nitrogens is 1. The molecule has 1 heterocycles.